The van der Waals surface area contributed by atoms with Crippen molar-refractivity contribution in [1.29, 1.82) is 0 Å². The van der Waals surface area contributed by atoms with Crippen LogP contribution in [0.2, 0.25) is 10.0 Å². The van der Waals surface area contributed by atoms with E-state index < -0.39 is 0 Å². The highest BCUT2D eigenvalue weighted by molar-refractivity contribution is 14.1. The van der Waals surface area contributed by atoms with Crippen molar-refractivity contribution in [3.63, 3.8) is 0 Å². The summed E-state index contributed by atoms with van der Waals surface area (Å²) in [6.45, 7) is 2.52. The van der Waals surface area contributed by atoms with E-state index in [-0.39, 0.29) is 0 Å². The van der Waals surface area contributed by atoms with Crippen molar-refractivity contribution < 1.29 is 0 Å². The van der Waals surface area contributed by atoms with Gasteiger partial charge >= 0.3 is 0 Å². The Morgan fingerprint density at radius 1 is 1.30 bits per heavy atom. The average Bonchev–Trinajstić information content (AvgIpc) is 2.43. The molecule has 1 aromatic heterocycles. The lowest BCUT2D eigenvalue weighted by Crippen LogP contribution is -2.34. The number of nitrogens with zero attached hydrogens (tertiary/aromatic N) is 2. The predicted octanol–water partition coefficient (Wildman–Crippen LogP) is 4.43. The molecule has 0 bridgehead atoms. The molecule has 1 aromatic carbocycles. The van der Waals surface area contributed by atoms with Gasteiger partial charge < -0.3 is 10.2 Å². The molecule has 6 heteroatoms. The van der Waals surface area contributed by atoms with Gasteiger partial charge in [-0.25, -0.2) is 4.98 Å². The van der Waals surface area contributed by atoms with E-state index in [1.807, 2.05) is 24.4 Å². The predicted molar refractivity (Wildman–Crippen MR) is 93.0 cm³/mol. The molecule has 0 atom stereocenters. The number of halogens is 3. The SMILES string of the molecule is Clc1ccc(Cl)c(CN2CCNc3ncc(I)cc32)c1. The van der Waals surface area contributed by atoms with Crippen molar-refractivity contribution in [2.75, 3.05) is 23.3 Å². The van der Waals surface area contributed by atoms with Crippen LogP contribution in [0, 0.1) is 3.57 Å². The number of aromatic nitrogens is 1. The molecule has 0 unspecified atom stereocenters. The Morgan fingerprint density at radius 3 is 3.00 bits per heavy atom. The summed E-state index contributed by atoms with van der Waals surface area (Å²) < 4.78 is 1.12. The molecule has 20 heavy (non-hydrogen) atoms. The average molecular weight is 420 g/mol. The fourth-order valence-corrected chi connectivity index (χ4v) is 3.08. The molecule has 3 rings (SSSR count). The maximum atomic E-state index is 6.26. The van der Waals surface area contributed by atoms with E-state index in [1.165, 1.54) is 0 Å². The molecule has 1 aliphatic rings. The van der Waals surface area contributed by atoms with Crippen LogP contribution in [-0.4, -0.2) is 18.1 Å². The van der Waals surface area contributed by atoms with Crippen LogP contribution in [0.1, 0.15) is 5.56 Å². The summed E-state index contributed by atoms with van der Waals surface area (Å²) >= 11 is 14.6. The van der Waals surface area contributed by atoms with Crippen LogP contribution in [-0.2, 0) is 6.54 Å². The third-order valence-electron chi connectivity index (χ3n) is 3.22. The van der Waals surface area contributed by atoms with E-state index >= 15 is 0 Å². The van der Waals surface area contributed by atoms with Crippen molar-refractivity contribution in [3.8, 4) is 0 Å². The molecule has 0 saturated heterocycles. The van der Waals surface area contributed by atoms with Crippen LogP contribution in [0.15, 0.2) is 30.5 Å². The van der Waals surface area contributed by atoms with Crippen LogP contribution >= 0.6 is 45.8 Å². The first-order valence-electron chi connectivity index (χ1n) is 6.22. The Hall–Kier alpha value is -0.720. The Labute approximate surface area is 141 Å². The first kappa shape index (κ1) is 14.2. The Morgan fingerprint density at radius 2 is 2.15 bits per heavy atom. The standard InChI is InChI=1S/C14H12Cl2IN3/c15-10-1-2-12(16)9(5-10)8-20-4-3-18-14-13(20)6-11(17)7-19-14/h1-2,5-7H,3-4,8H2,(H,18,19). The highest BCUT2D eigenvalue weighted by atomic mass is 127. The van der Waals surface area contributed by atoms with E-state index in [4.69, 9.17) is 23.2 Å². The van der Waals surface area contributed by atoms with Gasteiger partial charge in [-0.1, -0.05) is 23.2 Å². The number of fused-ring (bicyclic) bond motifs is 1. The van der Waals surface area contributed by atoms with Crippen molar-refractivity contribution in [3.05, 3.63) is 49.6 Å². The minimum absolute atomic E-state index is 0.709. The van der Waals surface area contributed by atoms with Crippen LogP contribution in [0.5, 0.6) is 0 Å². The quantitative estimate of drug-likeness (QED) is 0.730. The first-order valence-corrected chi connectivity index (χ1v) is 8.05. The summed E-state index contributed by atoms with van der Waals surface area (Å²) in [7, 11) is 0. The third-order valence-corrected chi connectivity index (χ3v) is 4.41. The summed E-state index contributed by atoms with van der Waals surface area (Å²) in [5, 5.41) is 4.77. The van der Waals surface area contributed by atoms with Gasteiger partial charge in [0.2, 0.25) is 0 Å². The number of hydrogen-bond donors (Lipinski definition) is 1. The summed E-state index contributed by atoms with van der Waals surface area (Å²) in [5.41, 5.74) is 2.14. The number of benzene rings is 1. The van der Waals surface area contributed by atoms with Crippen molar-refractivity contribution in [2.45, 2.75) is 6.54 Å². The lowest BCUT2D eigenvalue weighted by atomic mass is 10.2. The number of anilines is 2. The summed E-state index contributed by atoms with van der Waals surface area (Å²) in [6.07, 6.45) is 1.86. The van der Waals surface area contributed by atoms with Gasteiger partial charge in [0.15, 0.2) is 0 Å². The number of rotatable bonds is 2. The molecule has 3 nitrogen and oxygen atoms in total. The number of nitrogens with one attached hydrogen (secondary N) is 1. The van der Waals surface area contributed by atoms with Gasteiger partial charge in [-0.2, -0.15) is 0 Å². The van der Waals surface area contributed by atoms with Crippen LogP contribution < -0.4 is 10.2 Å². The van der Waals surface area contributed by atoms with Gasteiger partial charge in [-0.3, -0.25) is 0 Å². The van der Waals surface area contributed by atoms with Gasteiger partial charge in [0, 0.05) is 39.4 Å². The molecule has 104 valence electrons. The minimum Gasteiger partial charge on any atom is -0.367 e. The lowest BCUT2D eigenvalue weighted by Gasteiger charge is -2.31. The normalized spacial score (nSPS) is 13.8. The fraction of sp³-hybridized carbons (Fsp3) is 0.214. The summed E-state index contributed by atoms with van der Waals surface area (Å²) in [4.78, 5) is 6.71. The molecule has 0 fully saturated rings. The summed E-state index contributed by atoms with van der Waals surface area (Å²) in [6, 6.07) is 7.71. The zero-order chi connectivity index (χ0) is 14.1. The zero-order valence-corrected chi connectivity index (χ0v) is 14.2. The van der Waals surface area contributed by atoms with Crippen LogP contribution in [0.4, 0.5) is 11.5 Å². The van der Waals surface area contributed by atoms with E-state index in [0.29, 0.717) is 5.02 Å². The van der Waals surface area contributed by atoms with E-state index in [9.17, 15) is 0 Å². The van der Waals surface area contributed by atoms with Gasteiger partial charge in [0.05, 0.1) is 5.69 Å². The molecule has 2 heterocycles. The Bertz CT molecular complexity index is 648. The largest absolute Gasteiger partial charge is 0.367 e. The van der Waals surface area contributed by atoms with Gasteiger partial charge in [0.25, 0.3) is 0 Å². The molecular formula is C14H12Cl2IN3. The molecule has 0 radical (unpaired) electrons. The van der Waals surface area contributed by atoms with E-state index in [1.54, 1.807) is 0 Å². The summed E-state index contributed by atoms with van der Waals surface area (Å²) in [5.74, 6) is 0.926. The number of hydrogen-bond acceptors (Lipinski definition) is 3. The molecule has 1 aliphatic heterocycles. The van der Waals surface area contributed by atoms with Crippen molar-refractivity contribution in [2.24, 2.45) is 0 Å². The third kappa shape index (κ3) is 2.97. The molecule has 0 aliphatic carbocycles. The molecule has 1 N–H and O–H groups in total. The molecule has 0 spiro atoms. The van der Waals surface area contributed by atoms with Gasteiger partial charge in [0.1, 0.15) is 5.82 Å². The second-order valence-electron chi connectivity index (χ2n) is 4.61. The van der Waals surface area contributed by atoms with Crippen LogP contribution in [0.3, 0.4) is 0 Å². The lowest BCUT2D eigenvalue weighted by molar-refractivity contribution is 0.780. The number of pyridine rings is 1. The van der Waals surface area contributed by atoms with Crippen molar-refractivity contribution >= 4 is 57.3 Å². The van der Waals surface area contributed by atoms with E-state index in [0.717, 1.165) is 45.3 Å². The monoisotopic (exact) mass is 419 g/mol. The topological polar surface area (TPSA) is 28.2 Å². The molecule has 2 aromatic rings. The molecule has 0 saturated carbocycles. The highest BCUT2D eigenvalue weighted by Crippen LogP contribution is 2.31. The maximum absolute atomic E-state index is 6.26. The van der Waals surface area contributed by atoms with Gasteiger partial charge in [-0.15, -0.1) is 0 Å². The first-order chi connectivity index (χ1) is 9.63. The fourth-order valence-electron chi connectivity index (χ4n) is 2.27. The molecule has 0 amide bonds. The maximum Gasteiger partial charge on any atom is 0.149 e. The van der Waals surface area contributed by atoms with Crippen molar-refractivity contribution in [1.82, 2.24) is 4.98 Å². The van der Waals surface area contributed by atoms with Gasteiger partial charge in [-0.05, 0) is 52.4 Å². The Kier molecular flexibility index (Phi) is 4.23. The van der Waals surface area contributed by atoms with Crippen LogP contribution in [0.25, 0.3) is 0 Å². The van der Waals surface area contributed by atoms with E-state index in [2.05, 4.69) is 43.9 Å². The Balaban J connectivity index is 1.93. The smallest absolute Gasteiger partial charge is 0.149 e. The zero-order valence-electron chi connectivity index (χ0n) is 10.5. The minimum atomic E-state index is 0.709. The second-order valence-corrected chi connectivity index (χ2v) is 6.69. The second kappa shape index (κ2) is 5.95. The molecular weight excluding hydrogens is 408 g/mol. The highest BCUT2D eigenvalue weighted by Gasteiger charge is 2.19.